The Bertz CT molecular complexity index is 899. The van der Waals surface area contributed by atoms with Crippen molar-refractivity contribution in [3.05, 3.63) is 0 Å². The summed E-state index contributed by atoms with van der Waals surface area (Å²) in [4.78, 5) is 0. The first-order valence-electron chi connectivity index (χ1n) is 27.5. The number of hydrogen-bond donors (Lipinski definition) is 0. The fourth-order valence-electron chi connectivity index (χ4n) is 14.2. The Hall–Kier alpha value is 0. The van der Waals surface area contributed by atoms with E-state index in [1.54, 1.807) is 141 Å². The number of rotatable bonds is 17. The van der Waals surface area contributed by atoms with E-state index in [4.69, 9.17) is 0 Å². The highest BCUT2D eigenvalue weighted by Crippen LogP contribution is 2.45. The van der Waals surface area contributed by atoms with E-state index in [9.17, 15) is 0 Å². The molecule has 0 bridgehead atoms. The van der Waals surface area contributed by atoms with E-state index >= 15 is 0 Å². The van der Waals surface area contributed by atoms with Crippen molar-refractivity contribution in [1.82, 2.24) is 0 Å². The quantitative estimate of drug-likeness (QED) is 0.129. The third kappa shape index (κ3) is 17.9. The van der Waals surface area contributed by atoms with Gasteiger partial charge in [-0.25, -0.2) is 0 Å². The van der Waals surface area contributed by atoms with Crippen LogP contribution in [0.4, 0.5) is 0 Å². The molecule has 0 heterocycles. The van der Waals surface area contributed by atoms with Gasteiger partial charge in [0.15, 0.2) is 0 Å². The molecule has 0 nitrogen and oxygen atoms in total. The Balaban J connectivity index is -0.000000805. The van der Waals surface area contributed by atoms with E-state index in [2.05, 4.69) is 41.5 Å². The lowest BCUT2D eigenvalue weighted by atomic mass is 9.68. The van der Waals surface area contributed by atoms with E-state index in [1.807, 2.05) is 0 Å². The van der Waals surface area contributed by atoms with Crippen LogP contribution in [0.3, 0.4) is 0 Å². The van der Waals surface area contributed by atoms with E-state index in [1.165, 1.54) is 103 Å². The average Bonchev–Trinajstić information content (AvgIpc) is 3.25. The Morgan fingerprint density at radius 1 is 0.232 bits per heavy atom. The van der Waals surface area contributed by atoms with Crippen LogP contribution in [0.25, 0.3) is 0 Å². The van der Waals surface area contributed by atoms with Crippen LogP contribution < -0.4 is 0 Å². The Morgan fingerprint density at radius 2 is 0.464 bits per heavy atom. The molecule has 0 aliphatic heterocycles. The highest BCUT2D eigenvalue weighted by Gasteiger charge is 2.33. The molecule has 0 aromatic rings. The zero-order valence-corrected chi connectivity index (χ0v) is 39.8. The summed E-state index contributed by atoms with van der Waals surface area (Å²) in [6.45, 7) is 14.1. The van der Waals surface area contributed by atoms with Gasteiger partial charge in [-0.15, -0.1) is 0 Å². The molecule has 56 heavy (non-hydrogen) atoms. The first-order chi connectivity index (χ1) is 27.5. The Kier molecular flexibility index (Phi) is 25.5. The molecule has 0 spiro atoms. The van der Waals surface area contributed by atoms with Crippen molar-refractivity contribution < 1.29 is 8.56 Å². The summed E-state index contributed by atoms with van der Waals surface area (Å²) in [7, 11) is 0. The molecule has 0 saturated heterocycles. The molecule has 6 fully saturated rings. The predicted molar refractivity (Wildman–Crippen MR) is 264 cm³/mol. The maximum Gasteiger partial charge on any atom is 0 e. The van der Waals surface area contributed by atoms with Gasteiger partial charge in [0.1, 0.15) is 0 Å². The second-order valence-electron chi connectivity index (χ2n) is 22.1. The van der Waals surface area contributed by atoms with E-state index in [0.29, 0.717) is 0 Å². The van der Waals surface area contributed by atoms with Crippen molar-refractivity contribution >= 4 is 0 Å². The molecular formula is C56H118. The summed E-state index contributed by atoms with van der Waals surface area (Å²) in [6.07, 6.45) is 57.7. The molecule has 342 valence electrons. The van der Waals surface area contributed by atoms with Gasteiger partial charge in [0.05, 0.1) is 0 Å². The fraction of sp³-hybridized carbons (Fsp3) is 1.00. The second-order valence-corrected chi connectivity index (χ2v) is 22.1. The highest BCUT2D eigenvalue weighted by atomic mass is 14.4. The molecule has 0 amide bonds. The van der Waals surface area contributed by atoms with Crippen LogP contribution in [-0.2, 0) is 0 Å². The summed E-state index contributed by atoms with van der Waals surface area (Å²) in [6, 6.07) is 0. The highest BCUT2D eigenvalue weighted by molar-refractivity contribution is 4.84. The van der Waals surface area contributed by atoms with Gasteiger partial charge in [0, 0.05) is 8.56 Å². The van der Waals surface area contributed by atoms with Crippen molar-refractivity contribution in [3.63, 3.8) is 0 Å². The van der Waals surface area contributed by atoms with Crippen LogP contribution in [0.1, 0.15) is 294 Å². The van der Waals surface area contributed by atoms with Crippen LogP contribution in [0.15, 0.2) is 0 Å². The van der Waals surface area contributed by atoms with Crippen LogP contribution in [-0.4, -0.2) is 0 Å². The third-order valence-electron chi connectivity index (χ3n) is 18.2. The van der Waals surface area contributed by atoms with Crippen molar-refractivity contribution in [3.8, 4) is 0 Å². The van der Waals surface area contributed by atoms with E-state index in [-0.39, 0.29) is 8.56 Å². The van der Waals surface area contributed by atoms with Gasteiger partial charge < -0.3 is 0 Å². The molecule has 0 aromatic carbocycles. The third-order valence-corrected chi connectivity index (χ3v) is 18.2. The molecule has 0 N–H and O–H groups in total. The Morgan fingerprint density at radius 3 is 0.696 bits per heavy atom. The minimum Gasteiger partial charge on any atom is -0.0654 e. The van der Waals surface area contributed by atoms with Crippen LogP contribution in [0, 0.1) is 71.0 Å². The van der Waals surface area contributed by atoms with Gasteiger partial charge in [0.2, 0.25) is 0 Å². The molecule has 6 rings (SSSR count). The fourth-order valence-corrected chi connectivity index (χ4v) is 14.2. The smallest absolute Gasteiger partial charge is 0 e. The lowest BCUT2D eigenvalue weighted by molar-refractivity contribution is 0.140. The SMILES string of the molecule is CCCC1CCC(C2CCC(CC)CC2)CC1.CCCCC1CCC(C2CCC(CCC)CC2)CC1.CCCCCC1CCC(C2CCC(CCC)CC2)CC1.[HH].[HH].[HH].[HH].[HH].[HH]. The maximum atomic E-state index is 2.38. The molecule has 0 atom stereocenters. The molecule has 0 unspecified atom stereocenters. The van der Waals surface area contributed by atoms with Crippen molar-refractivity contribution in [2.24, 2.45) is 71.0 Å². The first-order valence-corrected chi connectivity index (χ1v) is 27.5. The van der Waals surface area contributed by atoms with Gasteiger partial charge in [-0.2, -0.15) is 0 Å². The van der Waals surface area contributed by atoms with Crippen LogP contribution >= 0.6 is 0 Å². The van der Waals surface area contributed by atoms with Crippen molar-refractivity contribution in [2.45, 2.75) is 286 Å². The Labute approximate surface area is 364 Å². The van der Waals surface area contributed by atoms with Crippen molar-refractivity contribution in [2.75, 3.05) is 0 Å². The van der Waals surface area contributed by atoms with Crippen molar-refractivity contribution in [1.29, 1.82) is 0 Å². The molecule has 0 radical (unpaired) electrons. The number of hydrogen-bond acceptors (Lipinski definition) is 0. The van der Waals surface area contributed by atoms with Gasteiger partial charge in [-0.3, -0.25) is 0 Å². The average molecular weight is 792 g/mol. The summed E-state index contributed by atoms with van der Waals surface area (Å²) in [5.41, 5.74) is 0. The topological polar surface area (TPSA) is 0 Å². The molecular weight excluding hydrogens is 673 g/mol. The summed E-state index contributed by atoms with van der Waals surface area (Å²) in [5, 5.41) is 0. The normalized spacial score (nSPS) is 36.8. The van der Waals surface area contributed by atoms with Crippen LogP contribution in [0.5, 0.6) is 0 Å². The minimum atomic E-state index is 0. The zero-order valence-electron chi connectivity index (χ0n) is 39.8. The first kappa shape index (κ1) is 48.7. The molecule has 6 aliphatic rings. The standard InChI is InChI=1S/C20H38.C19H36.C17H32.6H2/c1-3-5-6-8-18-11-15-20(16-12-18)19-13-9-17(7-4-2)10-14-19;1-3-5-7-17-10-14-19(15-11-17)18-12-8-16(6-4-2)9-13-18;1-3-5-15-8-12-17(13-9-15)16-10-6-14(4-2)7-11-16;;;;;;/h17-20H,3-16H2,1-2H3;16-19H,3-15H2,1-2H3;14-17H,3-13H2,1-2H3;6*1H. The number of unbranched alkanes of at least 4 members (excludes halogenated alkanes) is 3. The molecule has 6 saturated carbocycles. The molecule has 6 aliphatic carbocycles. The predicted octanol–water partition coefficient (Wildman–Crippen LogP) is 20.9. The van der Waals surface area contributed by atoms with E-state index < -0.39 is 0 Å². The minimum absolute atomic E-state index is 0. The largest absolute Gasteiger partial charge is 0.0654 e. The summed E-state index contributed by atoms with van der Waals surface area (Å²) < 4.78 is 0. The van der Waals surface area contributed by atoms with E-state index in [0.717, 1.165) is 71.0 Å². The zero-order chi connectivity index (χ0) is 39.8. The van der Waals surface area contributed by atoms with Crippen LogP contribution in [0.2, 0.25) is 0 Å². The molecule has 0 heteroatoms. The maximum absolute atomic E-state index is 2.38. The van der Waals surface area contributed by atoms with Gasteiger partial charge in [0.25, 0.3) is 0 Å². The lowest BCUT2D eigenvalue weighted by Gasteiger charge is -2.38. The lowest BCUT2D eigenvalue weighted by Crippen LogP contribution is -2.25. The summed E-state index contributed by atoms with van der Waals surface area (Å²) >= 11 is 0. The molecule has 0 aromatic heterocycles. The summed E-state index contributed by atoms with van der Waals surface area (Å²) in [5.74, 6) is 13.2. The monoisotopic (exact) mass is 791 g/mol. The second kappa shape index (κ2) is 29.3. The van der Waals surface area contributed by atoms with Gasteiger partial charge in [-0.05, 0) is 148 Å². The van der Waals surface area contributed by atoms with Gasteiger partial charge >= 0.3 is 0 Å². The van der Waals surface area contributed by atoms with Gasteiger partial charge in [-0.1, -0.05) is 208 Å².